The Morgan fingerprint density at radius 2 is 1.90 bits per heavy atom. The highest BCUT2D eigenvalue weighted by molar-refractivity contribution is 5.48. The van der Waals surface area contributed by atoms with E-state index >= 15 is 0 Å². The molecule has 0 aliphatic carbocycles. The molecule has 2 unspecified atom stereocenters. The van der Waals surface area contributed by atoms with Gasteiger partial charge in [-0.15, -0.1) is 0 Å². The molecule has 0 bridgehead atoms. The van der Waals surface area contributed by atoms with Crippen LogP contribution >= 0.6 is 0 Å². The molecule has 0 saturated carbocycles. The van der Waals surface area contributed by atoms with Crippen molar-refractivity contribution in [2.45, 2.75) is 12.5 Å². The molecule has 21 heavy (non-hydrogen) atoms. The smallest absolute Gasteiger partial charge is 0.126 e. The van der Waals surface area contributed by atoms with Gasteiger partial charge in [-0.1, -0.05) is 36.4 Å². The van der Waals surface area contributed by atoms with Crippen LogP contribution in [-0.4, -0.2) is 29.7 Å². The molecule has 2 aromatic carbocycles. The summed E-state index contributed by atoms with van der Waals surface area (Å²) < 4.78 is 5.83. The summed E-state index contributed by atoms with van der Waals surface area (Å²) in [5.41, 5.74) is 2.35. The van der Waals surface area contributed by atoms with Crippen LogP contribution in [0.5, 0.6) is 11.5 Å². The van der Waals surface area contributed by atoms with Gasteiger partial charge < -0.3 is 9.84 Å². The number of phenolic OH excluding ortho intramolecular Hbond substituents is 1. The third kappa shape index (κ3) is 2.28. The van der Waals surface area contributed by atoms with Crippen LogP contribution in [0.1, 0.15) is 17.0 Å². The molecule has 0 spiro atoms. The molecular formula is C18H19NO2. The second kappa shape index (κ2) is 5.08. The first kappa shape index (κ1) is 12.7. The first-order chi connectivity index (χ1) is 10.3. The van der Waals surface area contributed by atoms with E-state index in [1.807, 2.05) is 12.1 Å². The van der Waals surface area contributed by atoms with Gasteiger partial charge in [0.05, 0.1) is 6.61 Å². The number of phenols is 1. The topological polar surface area (TPSA) is 32.7 Å². The van der Waals surface area contributed by atoms with Crippen molar-refractivity contribution in [1.82, 2.24) is 4.90 Å². The van der Waals surface area contributed by atoms with Gasteiger partial charge in [0.25, 0.3) is 0 Å². The average Bonchev–Trinajstić information content (AvgIpc) is 2.90. The van der Waals surface area contributed by atoms with Crippen molar-refractivity contribution in [3.63, 3.8) is 0 Å². The molecule has 1 saturated heterocycles. The fourth-order valence-corrected chi connectivity index (χ4v) is 3.66. The highest BCUT2D eigenvalue weighted by Crippen LogP contribution is 2.45. The van der Waals surface area contributed by atoms with Gasteiger partial charge >= 0.3 is 0 Å². The van der Waals surface area contributed by atoms with E-state index in [-0.39, 0.29) is 0 Å². The zero-order valence-corrected chi connectivity index (χ0v) is 11.9. The third-order valence-corrected chi connectivity index (χ3v) is 4.63. The second-order valence-electron chi connectivity index (χ2n) is 6.05. The maximum absolute atomic E-state index is 10.2. The lowest BCUT2D eigenvalue weighted by Crippen LogP contribution is -2.25. The quantitative estimate of drug-likeness (QED) is 0.918. The van der Waals surface area contributed by atoms with E-state index in [1.165, 1.54) is 5.56 Å². The number of fused-ring (bicyclic) bond motifs is 3. The molecule has 3 nitrogen and oxygen atoms in total. The van der Waals surface area contributed by atoms with E-state index in [2.05, 4.69) is 35.2 Å². The first-order valence-electron chi connectivity index (χ1n) is 7.52. The summed E-state index contributed by atoms with van der Waals surface area (Å²) in [6.07, 6.45) is 0. The molecule has 2 aliphatic rings. The molecule has 4 rings (SSSR count). The van der Waals surface area contributed by atoms with Crippen LogP contribution in [0, 0.1) is 5.92 Å². The van der Waals surface area contributed by atoms with E-state index < -0.39 is 0 Å². The van der Waals surface area contributed by atoms with Gasteiger partial charge in [-0.3, -0.25) is 4.90 Å². The number of benzene rings is 2. The maximum Gasteiger partial charge on any atom is 0.126 e. The van der Waals surface area contributed by atoms with Crippen LogP contribution in [-0.2, 0) is 6.54 Å². The van der Waals surface area contributed by atoms with Crippen molar-refractivity contribution >= 4 is 0 Å². The van der Waals surface area contributed by atoms with Gasteiger partial charge in [-0.05, 0) is 17.7 Å². The van der Waals surface area contributed by atoms with Gasteiger partial charge in [0.1, 0.15) is 11.5 Å². The summed E-state index contributed by atoms with van der Waals surface area (Å²) in [5, 5.41) is 10.2. The third-order valence-electron chi connectivity index (χ3n) is 4.63. The van der Waals surface area contributed by atoms with E-state index in [1.54, 1.807) is 6.07 Å². The summed E-state index contributed by atoms with van der Waals surface area (Å²) >= 11 is 0. The van der Waals surface area contributed by atoms with Crippen molar-refractivity contribution in [1.29, 1.82) is 0 Å². The number of likely N-dealkylation sites (tertiary alicyclic amines) is 1. The number of hydrogen-bond donors (Lipinski definition) is 1. The Hall–Kier alpha value is -2.00. The fourth-order valence-electron chi connectivity index (χ4n) is 3.66. The SMILES string of the molecule is Oc1cccc2c1C1CN(Cc3ccccc3)CC1CO2. The van der Waals surface area contributed by atoms with Gasteiger partial charge in [0.2, 0.25) is 0 Å². The normalized spacial score (nSPS) is 24.2. The lowest BCUT2D eigenvalue weighted by Gasteiger charge is -2.28. The van der Waals surface area contributed by atoms with Crippen LogP contribution in [0.25, 0.3) is 0 Å². The highest BCUT2D eigenvalue weighted by Gasteiger charge is 2.40. The molecule has 1 fully saturated rings. The molecule has 0 amide bonds. The number of nitrogens with zero attached hydrogens (tertiary/aromatic N) is 1. The maximum atomic E-state index is 10.2. The van der Waals surface area contributed by atoms with Crippen molar-refractivity contribution in [3.05, 3.63) is 59.7 Å². The molecule has 0 radical (unpaired) electrons. The molecule has 2 atom stereocenters. The molecule has 2 aromatic rings. The van der Waals surface area contributed by atoms with E-state index in [4.69, 9.17) is 4.74 Å². The monoisotopic (exact) mass is 281 g/mol. The van der Waals surface area contributed by atoms with Gasteiger partial charge in [0, 0.05) is 37.0 Å². The average molecular weight is 281 g/mol. The van der Waals surface area contributed by atoms with Crippen molar-refractivity contribution in [3.8, 4) is 11.5 Å². The Bertz CT molecular complexity index is 641. The summed E-state index contributed by atoms with van der Waals surface area (Å²) in [4.78, 5) is 2.47. The summed E-state index contributed by atoms with van der Waals surface area (Å²) in [5.74, 6) is 2.11. The van der Waals surface area contributed by atoms with Crippen molar-refractivity contribution < 1.29 is 9.84 Å². The van der Waals surface area contributed by atoms with E-state index in [0.717, 1.165) is 37.6 Å². The molecular weight excluding hydrogens is 262 g/mol. The van der Waals surface area contributed by atoms with Gasteiger partial charge in [-0.2, -0.15) is 0 Å². The minimum absolute atomic E-state index is 0.378. The zero-order chi connectivity index (χ0) is 14.2. The first-order valence-corrected chi connectivity index (χ1v) is 7.52. The Balaban J connectivity index is 1.57. The molecule has 3 heteroatoms. The Morgan fingerprint density at radius 3 is 2.76 bits per heavy atom. The number of hydrogen-bond acceptors (Lipinski definition) is 3. The number of ether oxygens (including phenoxy) is 1. The minimum Gasteiger partial charge on any atom is -0.508 e. The Kier molecular flexibility index (Phi) is 3.08. The lowest BCUT2D eigenvalue weighted by molar-refractivity contribution is 0.209. The Morgan fingerprint density at radius 1 is 1.05 bits per heavy atom. The molecule has 2 aliphatic heterocycles. The predicted octanol–water partition coefficient (Wildman–Crippen LogP) is 3.00. The predicted molar refractivity (Wildman–Crippen MR) is 81.6 cm³/mol. The summed E-state index contributed by atoms with van der Waals surface area (Å²) in [6.45, 7) is 3.75. The second-order valence-corrected chi connectivity index (χ2v) is 6.05. The largest absolute Gasteiger partial charge is 0.508 e. The zero-order valence-electron chi connectivity index (χ0n) is 11.9. The highest BCUT2D eigenvalue weighted by atomic mass is 16.5. The van der Waals surface area contributed by atoms with Crippen molar-refractivity contribution in [2.24, 2.45) is 5.92 Å². The van der Waals surface area contributed by atoms with Crippen LogP contribution in [0.4, 0.5) is 0 Å². The minimum atomic E-state index is 0.378. The molecule has 1 N–H and O–H groups in total. The number of aromatic hydroxyl groups is 1. The summed E-state index contributed by atoms with van der Waals surface area (Å²) in [6, 6.07) is 16.1. The molecule has 2 heterocycles. The summed E-state index contributed by atoms with van der Waals surface area (Å²) in [7, 11) is 0. The van der Waals surface area contributed by atoms with E-state index in [0.29, 0.717) is 17.6 Å². The lowest BCUT2D eigenvalue weighted by atomic mass is 9.86. The van der Waals surface area contributed by atoms with Crippen molar-refractivity contribution in [2.75, 3.05) is 19.7 Å². The number of rotatable bonds is 2. The molecule has 108 valence electrons. The van der Waals surface area contributed by atoms with Gasteiger partial charge in [0.15, 0.2) is 0 Å². The molecule has 0 aromatic heterocycles. The Labute approximate surface area is 124 Å². The fraction of sp³-hybridized carbons (Fsp3) is 0.333. The van der Waals surface area contributed by atoms with Gasteiger partial charge in [-0.25, -0.2) is 0 Å². The van der Waals surface area contributed by atoms with Crippen LogP contribution < -0.4 is 4.74 Å². The van der Waals surface area contributed by atoms with E-state index in [9.17, 15) is 5.11 Å². The van der Waals surface area contributed by atoms with Crippen LogP contribution in [0.2, 0.25) is 0 Å². The standard InChI is InChI=1S/C18H19NO2/c20-16-7-4-8-17-18(16)15-11-19(10-14(15)12-21-17)9-13-5-2-1-3-6-13/h1-8,14-15,20H,9-12H2. The van der Waals surface area contributed by atoms with Crippen LogP contribution in [0.15, 0.2) is 48.5 Å². The van der Waals surface area contributed by atoms with Crippen LogP contribution in [0.3, 0.4) is 0 Å².